The third kappa shape index (κ3) is 2.18. The van der Waals surface area contributed by atoms with Crippen LogP contribution in [0.1, 0.15) is 13.8 Å². The molecule has 13 heavy (non-hydrogen) atoms. The van der Waals surface area contributed by atoms with Crippen molar-refractivity contribution < 1.29 is 0 Å². The molecule has 0 aliphatic carbocycles. The molecule has 2 N–H and O–H groups in total. The highest BCUT2D eigenvalue weighted by Gasteiger charge is 2.21. The average molecular weight is 179 g/mol. The predicted molar refractivity (Wildman–Crippen MR) is 55.8 cm³/mol. The molecule has 72 valence electrons. The van der Waals surface area contributed by atoms with Gasteiger partial charge in [-0.25, -0.2) is 0 Å². The Bertz CT molecular complexity index is 256. The molecule has 0 aliphatic rings. The molecule has 0 amide bonds. The van der Waals surface area contributed by atoms with Crippen LogP contribution in [0.4, 0.5) is 5.69 Å². The smallest absolute Gasteiger partial charge is 0.0555 e. The fraction of sp³-hybridized carbons (Fsp3) is 0.500. The Morgan fingerprint density at radius 3 is 2.69 bits per heavy atom. The van der Waals surface area contributed by atoms with Gasteiger partial charge in [-0.2, -0.15) is 0 Å². The number of pyridine rings is 1. The van der Waals surface area contributed by atoms with E-state index < -0.39 is 0 Å². The molecule has 1 rings (SSSR count). The molecule has 3 heteroatoms. The SMILES string of the molecule is CN(c1cccnc1)C(C)(C)CN. The van der Waals surface area contributed by atoms with Gasteiger partial charge >= 0.3 is 0 Å². The minimum absolute atomic E-state index is 0.0248. The highest BCUT2D eigenvalue weighted by atomic mass is 15.2. The molecule has 0 aliphatic heterocycles. The van der Waals surface area contributed by atoms with Crippen molar-refractivity contribution in [3.8, 4) is 0 Å². The highest BCUT2D eigenvalue weighted by molar-refractivity contribution is 5.45. The molecular formula is C10H17N3. The monoisotopic (exact) mass is 179 g/mol. The van der Waals surface area contributed by atoms with Crippen molar-refractivity contribution in [3.05, 3.63) is 24.5 Å². The molecule has 3 nitrogen and oxygen atoms in total. The molecule has 0 aromatic carbocycles. The van der Waals surface area contributed by atoms with E-state index in [4.69, 9.17) is 5.73 Å². The Morgan fingerprint density at radius 1 is 1.54 bits per heavy atom. The van der Waals surface area contributed by atoms with Gasteiger partial charge in [0.15, 0.2) is 0 Å². The fourth-order valence-electron chi connectivity index (χ4n) is 1.04. The zero-order valence-electron chi connectivity index (χ0n) is 8.49. The lowest BCUT2D eigenvalue weighted by molar-refractivity contribution is 0.498. The zero-order chi connectivity index (χ0) is 9.90. The summed E-state index contributed by atoms with van der Waals surface area (Å²) in [5.41, 5.74) is 6.75. The first-order chi connectivity index (χ1) is 6.08. The predicted octanol–water partition coefficient (Wildman–Crippen LogP) is 1.26. The summed E-state index contributed by atoms with van der Waals surface area (Å²) in [6.45, 7) is 4.85. The van der Waals surface area contributed by atoms with Crippen molar-refractivity contribution in [1.29, 1.82) is 0 Å². The summed E-state index contributed by atoms with van der Waals surface area (Å²) in [5, 5.41) is 0. The topological polar surface area (TPSA) is 42.2 Å². The number of hydrogen-bond acceptors (Lipinski definition) is 3. The third-order valence-electron chi connectivity index (χ3n) is 2.44. The maximum Gasteiger partial charge on any atom is 0.0555 e. The van der Waals surface area contributed by atoms with E-state index in [2.05, 4.69) is 23.7 Å². The molecule has 0 radical (unpaired) electrons. The number of anilines is 1. The highest BCUT2D eigenvalue weighted by Crippen LogP contribution is 2.19. The van der Waals surface area contributed by atoms with E-state index in [9.17, 15) is 0 Å². The van der Waals surface area contributed by atoms with Crippen LogP contribution in [0.3, 0.4) is 0 Å². The molecule has 0 fully saturated rings. The van der Waals surface area contributed by atoms with Crippen LogP contribution in [0.15, 0.2) is 24.5 Å². The third-order valence-corrected chi connectivity index (χ3v) is 2.44. The van der Waals surface area contributed by atoms with Crippen LogP contribution >= 0.6 is 0 Å². The van der Waals surface area contributed by atoms with Crippen LogP contribution in [0, 0.1) is 0 Å². The van der Waals surface area contributed by atoms with E-state index in [0.29, 0.717) is 6.54 Å². The fourth-order valence-corrected chi connectivity index (χ4v) is 1.04. The molecule has 0 atom stereocenters. The Labute approximate surface area is 79.6 Å². The van der Waals surface area contributed by atoms with Crippen LogP contribution in [0.2, 0.25) is 0 Å². The first-order valence-corrected chi connectivity index (χ1v) is 4.42. The van der Waals surface area contributed by atoms with Crippen LogP contribution in [-0.4, -0.2) is 24.1 Å². The van der Waals surface area contributed by atoms with Gasteiger partial charge in [0.1, 0.15) is 0 Å². The molecule has 1 aromatic heterocycles. The van der Waals surface area contributed by atoms with Crippen molar-refractivity contribution in [3.63, 3.8) is 0 Å². The Morgan fingerprint density at radius 2 is 2.23 bits per heavy atom. The molecular weight excluding hydrogens is 162 g/mol. The van der Waals surface area contributed by atoms with Gasteiger partial charge in [-0.15, -0.1) is 0 Å². The quantitative estimate of drug-likeness (QED) is 0.759. The lowest BCUT2D eigenvalue weighted by atomic mass is 10.0. The maximum absolute atomic E-state index is 5.68. The van der Waals surface area contributed by atoms with Crippen molar-refractivity contribution in [2.24, 2.45) is 5.73 Å². The Hall–Kier alpha value is -1.09. The summed E-state index contributed by atoms with van der Waals surface area (Å²) in [6.07, 6.45) is 3.62. The van der Waals surface area contributed by atoms with Crippen molar-refractivity contribution in [2.75, 3.05) is 18.5 Å². The summed E-state index contributed by atoms with van der Waals surface area (Å²) in [4.78, 5) is 6.21. The molecule has 1 aromatic rings. The summed E-state index contributed by atoms with van der Waals surface area (Å²) in [7, 11) is 2.03. The van der Waals surface area contributed by atoms with E-state index in [-0.39, 0.29) is 5.54 Å². The number of nitrogens with zero attached hydrogens (tertiary/aromatic N) is 2. The Kier molecular flexibility index (Phi) is 2.88. The van der Waals surface area contributed by atoms with E-state index in [1.54, 1.807) is 6.20 Å². The average Bonchev–Trinajstić information content (AvgIpc) is 2.18. The Balaban J connectivity index is 2.85. The summed E-state index contributed by atoms with van der Waals surface area (Å²) in [6, 6.07) is 3.96. The van der Waals surface area contributed by atoms with E-state index in [1.807, 2.05) is 25.4 Å². The summed E-state index contributed by atoms with van der Waals surface area (Å²) in [5.74, 6) is 0. The number of likely N-dealkylation sites (N-methyl/N-ethyl adjacent to an activating group) is 1. The van der Waals surface area contributed by atoms with Gasteiger partial charge in [0.25, 0.3) is 0 Å². The lowest BCUT2D eigenvalue weighted by Crippen LogP contribution is -2.47. The number of nitrogens with two attached hydrogens (primary N) is 1. The second-order valence-corrected chi connectivity index (χ2v) is 3.79. The minimum atomic E-state index is -0.0248. The second kappa shape index (κ2) is 3.75. The van der Waals surface area contributed by atoms with E-state index in [1.165, 1.54) is 0 Å². The molecule has 1 heterocycles. The van der Waals surface area contributed by atoms with E-state index >= 15 is 0 Å². The zero-order valence-corrected chi connectivity index (χ0v) is 8.49. The second-order valence-electron chi connectivity index (χ2n) is 3.79. The van der Waals surface area contributed by atoms with Gasteiger partial charge in [0.05, 0.1) is 11.9 Å². The van der Waals surface area contributed by atoms with Crippen molar-refractivity contribution >= 4 is 5.69 Å². The van der Waals surface area contributed by atoms with E-state index in [0.717, 1.165) is 5.69 Å². The van der Waals surface area contributed by atoms with Crippen molar-refractivity contribution in [2.45, 2.75) is 19.4 Å². The van der Waals surface area contributed by atoms with Crippen LogP contribution in [0.25, 0.3) is 0 Å². The van der Waals surface area contributed by atoms with Gasteiger partial charge in [-0.3, -0.25) is 4.98 Å². The number of aromatic nitrogens is 1. The van der Waals surface area contributed by atoms with Gasteiger partial charge in [-0.05, 0) is 26.0 Å². The van der Waals surface area contributed by atoms with Crippen LogP contribution in [0.5, 0.6) is 0 Å². The first kappa shape index (κ1) is 9.99. The van der Waals surface area contributed by atoms with Gasteiger partial charge in [0, 0.05) is 25.3 Å². The minimum Gasteiger partial charge on any atom is -0.367 e. The molecule has 0 bridgehead atoms. The van der Waals surface area contributed by atoms with Crippen LogP contribution in [-0.2, 0) is 0 Å². The van der Waals surface area contributed by atoms with Gasteiger partial charge in [0.2, 0.25) is 0 Å². The molecule has 0 spiro atoms. The molecule has 0 saturated carbocycles. The van der Waals surface area contributed by atoms with Crippen LogP contribution < -0.4 is 10.6 Å². The maximum atomic E-state index is 5.68. The van der Waals surface area contributed by atoms with Gasteiger partial charge < -0.3 is 10.6 Å². The standard InChI is InChI=1S/C10H17N3/c1-10(2,8-11)13(3)9-5-4-6-12-7-9/h4-7H,8,11H2,1-3H3. The number of hydrogen-bond donors (Lipinski definition) is 1. The summed E-state index contributed by atoms with van der Waals surface area (Å²) < 4.78 is 0. The normalized spacial score (nSPS) is 11.4. The largest absolute Gasteiger partial charge is 0.367 e. The summed E-state index contributed by atoms with van der Waals surface area (Å²) >= 11 is 0. The molecule has 0 saturated heterocycles. The lowest BCUT2D eigenvalue weighted by Gasteiger charge is -2.36. The van der Waals surface area contributed by atoms with Crippen molar-refractivity contribution in [1.82, 2.24) is 4.98 Å². The first-order valence-electron chi connectivity index (χ1n) is 4.42. The van der Waals surface area contributed by atoms with Gasteiger partial charge in [-0.1, -0.05) is 0 Å². The number of rotatable bonds is 3. The molecule has 0 unspecified atom stereocenters.